The molecule has 0 spiro atoms. The number of ketones is 1. The van der Waals surface area contributed by atoms with Gasteiger partial charge in [-0.15, -0.1) is 0 Å². The van der Waals surface area contributed by atoms with Crippen molar-refractivity contribution >= 4 is 16.8 Å². The van der Waals surface area contributed by atoms with Gasteiger partial charge >= 0.3 is 0 Å². The monoisotopic (exact) mass is 314 g/mol. The second kappa shape index (κ2) is 6.99. The maximum atomic E-state index is 12.3. The molecule has 0 N–H and O–H groups in total. The van der Waals surface area contributed by atoms with Gasteiger partial charge < -0.3 is 9.15 Å². The summed E-state index contributed by atoms with van der Waals surface area (Å²) in [7, 11) is 1.55. The number of carbonyl (C=O) groups excluding carboxylic acids is 1. The van der Waals surface area contributed by atoms with Gasteiger partial charge in [-0.25, -0.2) is 0 Å². The Bertz CT molecular complexity index is 754. The Balaban J connectivity index is 1.76. The molecule has 23 heavy (non-hydrogen) atoms. The van der Waals surface area contributed by atoms with Gasteiger partial charge in [0.2, 0.25) is 0 Å². The lowest BCUT2D eigenvalue weighted by Gasteiger charge is -2.20. The Morgan fingerprint density at radius 2 is 2.00 bits per heavy atom. The van der Waals surface area contributed by atoms with E-state index in [0.717, 1.165) is 6.42 Å². The van der Waals surface area contributed by atoms with Crippen LogP contribution in [-0.4, -0.2) is 12.9 Å². The number of rotatable bonds is 5. The molecule has 4 nitrogen and oxygen atoms in total. The van der Waals surface area contributed by atoms with E-state index in [4.69, 9.17) is 9.15 Å². The minimum Gasteiger partial charge on any atom is -0.497 e. The second-order valence-corrected chi connectivity index (χ2v) is 6.30. The minimum absolute atomic E-state index is 0.0783. The van der Waals surface area contributed by atoms with Crippen LogP contribution in [0.1, 0.15) is 55.5 Å². The summed E-state index contributed by atoms with van der Waals surface area (Å²) in [5.74, 6) is 1.33. The molecule has 0 amide bonds. The van der Waals surface area contributed by atoms with Crippen LogP contribution in [0.5, 0.6) is 5.75 Å². The van der Waals surface area contributed by atoms with E-state index >= 15 is 0 Å². The van der Waals surface area contributed by atoms with Gasteiger partial charge in [0.05, 0.1) is 12.5 Å². The zero-order valence-electron chi connectivity index (χ0n) is 13.5. The first-order valence-corrected chi connectivity index (χ1v) is 8.32. The topological polar surface area (TPSA) is 56.5 Å². The lowest BCUT2D eigenvalue weighted by Crippen LogP contribution is -2.11. The van der Waals surface area contributed by atoms with Gasteiger partial charge in [-0.1, -0.05) is 32.1 Å². The highest BCUT2D eigenvalue weighted by molar-refractivity contribution is 5.94. The molecule has 1 aliphatic rings. The summed E-state index contributed by atoms with van der Waals surface area (Å²) in [6.45, 7) is 0. The summed E-state index contributed by atoms with van der Waals surface area (Å²) in [6.07, 6.45) is 7.63. The fraction of sp³-hybridized carbons (Fsp3) is 0.474. The van der Waals surface area contributed by atoms with E-state index < -0.39 is 0 Å². The smallest absolute Gasteiger partial charge is 0.198 e. The van der Waals surface area contributed by atoms with Crippen molar-refractivity contribution in [3.63, 3.8) is 0 Å². The van der Waals surface area contributed by atoms with E-state index in [0.29, 0.717) is 29.1 Å². The highest BCUT2D eigenvalue weighted by Gasteiger charge is 2.17. The standard InChI is InChI=1S/C19H22O4/c1-22-14-8-10-18-15(11-14)17(21)12-19(23-18)16(20)9-7-13-5-3-2-4-6-13/h8,10-13H,2-7,9H2,1H3. The molecule has 1 saturated carbocycles. The van der Waals surface area contributed by atoms with Crippen LogP contribution in [-0.2, 0) is 0 Å². The molecule has 1 aliphatic carbocycles. The Kier molecular flexibility index (Phi) is 4.79. The molecule has 122 valence electrons. The number of ether oxygens (including phenoxy) is 1. The summed E-state index contributed by atoms with van der Waals surface area (Å²) in [4.78, 5) is 24.6. The molecule has 0 saturated heterocycles. The lowest BCUT2D eigenvalue weighted by atomic mass is 9.85. The van der Waals surface area contributed by atoms with Crippen molar-refractivity contribution in [2.45, 2.75) is 44.9 Å². The van der Waals surface area contributed by atoms with Gasteiger partial charge in [0.1, 0.15) is 11.3 Å². The Labute approximate surface area is 135 Å². The van der Waals surface area contributed by atoms with Crippen molar-refractivity contribution in [3.8, 4) is 5.75 Å². The average Bonchev–Trinajstić information content (AvgIpc) is 2.60. The minimum atomic E-state index is -0.203. The van der Waals surface area contributed by atoms with Gasteiger partial charge in [-0.3, -0.25) is 9.59 Å². The highest BCUT2D eigenvalue weighted by Crippen LogP contribution is 2.28. The molecule has 3 rings (SSSR count). The van der Waals surface area contributed by atoms with Crippen molar-refractivity contribution in [2.75, 3.05) is 7.11 Å². The molecule has 1 aromatic heterocycles. The fourth-order valence-corrected chi connectivity index (χ4v) is 3.33. The fourth-order valence-electron chi connectivity index (χ4n) is 3.33. The SMILES string of the molecule is COc1ccc2oc(C(=O)CCC3CCCCC3)cc(=O)c2c1. The predicted molar refractivity (Wildman–Crippen MR) is 89.2 cm³/mol. The van der Waals surface area contributed by atoms with Crippen molar-refractivity contribution < 1.29 is 13.9 Å². The summed E-state index contributed by atoms with van der Waals surface area (Å²) in [6, 6.07) is 6.34. The van der Waals surface area contributed by atoms with Gasteiger partial charge in [0, 0.05) is 12.5 Å². The lowest BCUT2D eigenvalue weighted by molar-refractivity contribution is 0.0943. The summed E-state index contributed by atoms with van der Waals surface area (Å²) >= 11 is 0. The molecular formula is C19H22O4. The van der Waals surface area contributed by atoms with Crippen LogP contribution in [0.2, 0.25) is 0 Å². The van der Waals surface area contributed by atoms with Crippen LogP contribution in [0.15, 0.2) is 33.5 Å². The first-order chi connectivity index (χ1) is 11.2. The molecule has 0 radical (unpaired) electrons. The first kappa shape index (κ1) is 15.8. The summed E-state index contributed by atoms with van der Waals surface area (Å²) in [5.41, 5.74) is 0.227. The van der Waals surface area contributed by atoms with Crippen LogP contribution in [0.3, 0.4) is 0 Å². The van der Waals surface area contributed by atoms with E-state index in [2.05, 4.69) is 0 Å². The third kappa shape index (κ3) is 3.63. The zero-order chi connectivity index (χ0) is 16.2. The molecule has 1 fully saturated rings. The van der Waals surface area contributed by atoms with Crippen LogP contribution in [0.4, 0.5) is 0 Å². The van der Waals surface area contributed by atoms with Crippen LogP contribution in [0.25, 0.3) is 11.0 Å². The van der Waals surface area contributed by atoms with E-state index in [9.17, 15) is 9.59 Å². The predicted octanol–water partition coefficient (Wildman–Crippen LogP) is 4.34. The number of benzene rings is 1. The van der Waals surface area contributed by atoms with Gasteiger partial charge in [-0.2, -0.15) is 0 Å². The second-order valence-electron chi connectivity index (χ2n) is 6.30. The van der Waals surface area contributed by atoms with Gasteiger partial charge in [0.15, 0.2) is 17.0 Å². The highest BCUT2D eigenvalue weighted by atomic mass is 16.5. The molecule has 1 aromatic carbocycles. The molecule has 0 bridgehead atoms. The van der Waals surface area contributed by atoms with Crippen molar-refractivity contribution in [1.82, 2.24) is 0 Å². The van der Waals surface area contributed by atoms with Crippen molar-refractivity contribution in [3.05, 3.63) is 40.2 Å². The molecule has 0 unspecified atom stereocenters. The molecule has 0 aliphatic heterocycles. The van der Waals surface area contributed by atoms with Crippen molar-refractivity contribution in [1.29, 1.82) is 0 Å². The van der Waals surface area contributed by atoms with E-state index in [1.54, 1.807) is 25.3 Å². The number of methoxy groups -OCH3 is 1. The molecule has 1 heterocycles. The maximum Gasteiger partial charge on any atom is 0.198 e. The van der Waals surface area contributed by atoms with E-state index in [1.807, 2.05) is 0 Å². The van der Waals surface area contributed by atoms with Crippen LogP contribution < -0.4 is 10.2 Å². The third-order valence-corrected chi connectivity index (χ3v) is 4.71. The average molecular weight is 314 g/mol. The van der Waals surface area contributed by atoms with Gasteiger partial charge in [0.25, 0.3) is 0 Å². The van der Waals surface area contributed by atoms with Crippen molar-refractivity contribution in [2.24, 2.45) is 5.92 Å². The number of hydrogen-bond acceptors (Lipinski definition) is 4. The van der Waals surface area contributed by atoms with E-state index in [1.165, 1.54) is 38.2 Å². The Morgan fingerprint density at radius 3 is 2.74 bits per heavy atom. The quantitative estimate of drug-likeness (QED) is 0.770. The molecule has 2 aromatic rings. The largest absolute Gasteiger partial charge is 0.497 e. The Hall–Kier alpha value is -2.10. The maximum absolute atomic E-state index is 12.3. The normalized spacial score (nSPS) is 15.7. The molecular weight excluding hydrogens is 292 g/mol. The summed E-state index contributed by atoms with van der Waals surface area (Å²) in [5, 5.41) is 0.438. The van der Waals surface area contributed by atoms with E-state index in [-0.39, 0.29) is 17.0 Å². The number of Topliss-reactive ketones (excluding diaryl/α,β-unsaturated/α-hetero) is 1. The molecule has 0 atom stereocenters. The zero-order valence-corrected chi connectivity index (χ0v) is 13.5. The number of carbonyl (C=O) groups is 1. The van der Waals surface area contributed by atoms with Gasteiger partial charge in [-0.05, 0) is 30.5 Å². The number of hydrogen-bond donors (Lipinski definition) is 0. The Morgan fingerprint density at radius 1 is 1.22 bits per heavy atom. The number of fused-ring (bicyclic) bond motifs is 1. The third-order valence-electron chi connectivity index (χ3n) is 4.71. The summed E-state index contributed by atoms with van der Waals surface area (Å²) < 4.78 is 10.8. The van der Waals surface area contributed by atoms with Crippen LogP contribution in [0, 0.1) is 5.92 Å². The first-order valence-electron chi connectivity index (χ1n) is 8.32. The van der Waals surface area contributed by atoms with Crippen LogP contribution >= 0.6 is 0 Å². The molecule has 4 heteroatoms.